The molecule has 0 amide bonds. The van der Waals surface area contributed by atoms with Crippen molar-refractivity contribution >= 4 is 12.0 Å². The Morgan fingerprint density at radius 2 is 1.89 bits per heavy atom. The summed E-state index contributed by atoms with van der Waals surface area (Å²) < 4.78 is 0. The summed E-state index contributed by atoms with van der Waals surface area (Å²) in [6.07, 6.45) is 5.99. The van der Waals surface area contributed by atoms with Crippen molar-refractivity contribution in [2.75, 3.05) is 0 Å². The molecule has 1 saturated carbocycles. The second kappa shape index (κ2) is 4.84. The first-order valence-corrected chi connectivity index (χ1v) is 6.84. The van der Waals surface area contributed by atoms with E-state index in [1.54, 1.807) is 0 Å². The van der Waals surface area contributed by atoms with E-state index in [0.29, 0.717) is 5.92 Å². The van der Waals surface area contributed by atoms with Crippen molar-refractivity contribution in [3.63, 3.8) is 0 Å². The van der Waals surface area contributed by atoms with Gasteiger partial charge in [-0.25, -0.2) is 0 Å². The molecular formula is C17H22O2. The molecule has 0 saturated heterocycles. The summed E-state index contributed by atoms with van der Waals surface area (Å²) in [6.45, 7) is 6.04. The summed E-state index contributed by atoms with van der Waals surface area (Å²) in [5.74, 6) is -0.359. The van der Waals surface area contributed by atoms with Crippen LogP contribution in [-0.2, 0) is 4.79 Å². The van der Waals surface area contributed by atoms with Crippen LogP contribution in [0.5, 0.6) is 0 Å². The summed E-state index contributed by atoms with van der Waals surface area (Å²) in [5.41, 5.74) is 0.324. The minimum Gasteiger partial charge on any atom is -0.481 e. The molecule has 2 nitrogen and oxygen atoms in total. The molecule has 1 fully saturated rings. The van der Waals surface area contributed by atoms with Crippen LogP contribution in [0.3, 0.4) is 0 Å². The number of benzene rings is 1. The van der Waals surface area contributed by atoms with Crippen LogP contribution < -0.4 is 0 Å². The van der Waals surface area contributed by atoms with Gasteiger partial charge >= 0.3 is 5.97 Å². The zero-order valence-electron chi connectivity index (χ0n) is 11.9. The van der Waals surface area contributed by atoms with Gasteiger partial charge in [-0.2, -0.15) is 0 Å². The highest BCUT2D eigenvalue weighted by atomic mass is 16.4. The number of carboxylic acids is 1. The van der Waals surface area contributed by atoms with E-state index in [4.69, 9.17) is 0 Å². The fourth-order valence-electron chi connectivity index (χ4n) is 3.05. The van der Waals surface area contributed by atoms with Gasteiger partial charge in [0.05, 0.1) is 5.41 Å². The molecule has 0 unspecified atom stereocenters. The second-order valence-electron chi connectivity index (χ2n) is 6.27. The number of carbonyl (C=O) groups is 1. The van der Waals surface area contributed by atoms with Crippen LogP contribution >= 0.6 is 0 Å². The number of allylic oxidation sites excluding steroid dienone is 1. The maximum Gasteiger partial charge on any atom is 0.309 e. The van der Waals surface area contributed by atoms with Crippen molar-refractivity contribution in [1.82, 2.24) is 0 Å². The largest absolute Gasteiger partial charge is 0.481 e. The van der Waals surface area contributed by atoms with Crippen LogP contribution in [0.4, 0.5) is 0 Å². The Hall–Kier alpha value is -1.57. The molecule has 0 aliphatic heterocycles. The van der Waals surface area contributed by atoms with E-state index in [1.807, 2.05) is 25.1 Å². The summed E-state index contributed by atoms with van der Waals surface area (Å²) in [5, 5.41) is 9.49. The van der Waals surface area contributed by atoms with Crippen LogP contribution in [0.15, 0.2) is 36.4 Å². The number of rotatable bonds is 3. The standard InChI is InChI=1S/C17H22O2/c1-16(2)14(11-12-17(16,3)15(18)19)10-9-13-7-5-4-6-8-13/h4-10,14H,11-12H2,1-3H3,(H,18,19)/t14-,17-/m1/s1. The number of aliphatic carboxylic acids is 1. The minimum absolute atomic E-state index is 0.218. The van der Waals surface area contributed by atoms with Crippen molar-refractivity contribution in [3.8, 4) is 0 Å². The van der Waals surface area contributed by atoms with E-state index in [9.17, 15) is 9.90 Å². The van der Waals surface area contributed by atoms with Gasteiger partial charge in [0.25, 0.3) is 0 Å². The topological polar surface area (TPSA) is 37.3 Å². The third-order valence-electron chi connectivity index (χ3n) is 5.10. The average molecular weight is 258 g/mol. The molecule has 2 atom stereocenters. The molecular weight excluding hydrogens is 236 g/mol. The fourth-order valence-corrected chi connectivity index (χ4v) is 3.05. The maximum atomic E-state index is 11.5. The van der Waals surface area contributed by atoms with Gasteiger partial charge in [0, 0.05) is 0 Å². The van der Waals surface area contributed by atoms with Gasteiger partial charge in [-0.3, -0.25) is 4.79 Å². The molecule has 2 rings (SSSR count). The van der Waals surface area contributed by atoms with E-state index in [-0.39, 0.29) is 5.41 Å². The van der Waals surface area contributed by atoms with Crippen molar-refractivity contribution in [2.24, 2.45) is 16.7 Å². The van der Waals surface area contributed by atoms with Gasteiger partial charge in [0.1, 0.15) is 0 Å². The lowest BCUT2D eigenvalue weighted by atomic mass is 9.65. The Morgan fingerprint density at radius 3 is 2.42 bits per heavy atom. The van der Waals surface area contributed by atoms with Gasteiger partial charge in [0.2, 0.25) is 0 Å². The fraction of sp³-hybridized carbons (Fsp3) is 0.471. The van der Waals surface area contributed by atoms with Gasteiger partial charge < -0.3 is 5.11 Å². The van der Waals surface area contributed by atoms with E-state index >= 15 is 0 Å². The van der Waals surface area contributed by atoms with Crippen molar-refractivity contribution < 1.29 is 9.90 Å². The highest BCUT2D eigenvalue weighted by Gasteiger charge is 2.55. The van der Waals surface area contributed by atoms with Crippen molar-refractivity contribution in [2.45, 2.75) is 33.6 Å². The number of carboxylic acid groups (broad SMARTS) is 1. The number of hydrogen-bond donors (Lipinski definition) is 1. The first-order valence-electron chi connectivity index (χ1n) is 6.84. The van der Waals surface area contributed by atoms with Crippen LogP contribution in [-0.4, -0.2) is 11.1 Å². The predicted octanol–water partition coefficient (Wildman–Crippen LogP) is 4.23. The Balaban J connectivity index is 2.20. The monoisotopic (exact) mass is 258 g/mol. The number of hydrogen-bond acceptors (Lipinski definition) is 1. The van der Waals surface area contributed by atoms with Crippen LogP contribution in [0, 0.1) is 16.7 Å². The Bertz CT molecular complexity index is 487. The van der Waals surface area contributed by atoms with Gasteiger partial charge in [-0.1, -0.05) is 56.3 Å². The molecule has 1 N–H and O–H groups in total. The summed E-state index contributed by atoms with van der Waals surface area (Å²) >= 11 is 0. The third kappa shape index (κ3) is 2.32. The molecule has 102 valence electrons. The second-order valence-corrected chi connectivity index (χ2v) is 6.27. The molecule has 2 heteroatoms. The van der Waals surface area contributed by atoms with Crippen molar-refractivity contribution in [1.29, 1.82) is 0 Å². The maximum absolute atomic E-state index is 11.5. The molecule has 0 radical (unpaired) electrons. The SMILES string of the molecule is CC1(C)[C@H](C=Cc2ccccc2)CC[C@]1(C)C(=O)O. The highest BCUT2D eigenvalue weighted by molar-refractivity contribution is 5.76. The normalized spacial score (nSPS) is 29.7. The lowest BCUT2D eigenvalue weighted by Crippen LogP contribution is -2.40. The lowest BCUT2D eigenvalue weighted by Gasteiger charge is -2.37. The van der Waals surface area contributed by atoms with E-state index in [2.05, 4.69) is 38.1 Å². The molecule has 0 spiro atoms. The van der Waals surface area contributed by atoms with E-state index in [0.717, 1.165) is 12.8 Å². The van der Waals surface area contributed by atoms with Gasteiger partial charge in [0.15, 0.2) is 0 Å². The van der Waals surface area contributed by atoms with Crippen LogP contribution in [0.1, 0.15) is 39.2 Å². The molecule has 19 heavy (non-hydrogen) atoms. The molecule has 1 aliphatic carbocycles. The predicted molar refractivity (Wildman–Crippen MR) is 77.7 cm³/mol. The summed E-state index contributed by atoms with van der Waals surface area (Å²) in [7, 11) is 0. The van der Waals surface area contributed by atoms with E-state index < -0.39 is 11.4 Å². The molecule has 1 aromatic carbocycles. The zero-order valence-corrected chi connectivity index (χ0v) is 11.9. The quantitative estimate of drug-likeness (QED) is 0.881. The van der Waals surface area contributed by atoms with Crippen LogP contribution in [0.2, 0.25) is 0 Å². The minimum atomic E-state index is -0.673. The van der Waals surface area contributed by atoms with Gasteiger partial charge in [-0.05, 0) is 36.7 Å². The average Bonchev–Trinajstić information content (AvgIpc) is 2.61. The Morgan fingerprint density at radius 1 is 1.26 bits per heavy atom. The Labute approximate surface area is 115 Å². The molecule has 1 aromatic rings. The first kappa shape index (κ1) is 13.9. The summed E-state index contributed by atoms with van der Waals surface area (Å²) in [6, 6.07) is 10.2. The van der Waals surface area contributed by atoms with Gasteiger partial charge in [-0.15, -0.1) is 0 Å². The molecule has 0 bridgehead atoms. The molecule has 0 aromatic heterocycles. The third-order valence-corrected chi connectivity index (χ3v) is 5.10. The highest BCUT2D eigenvalue weighted by Crippen LogP contribution is 2.56. The summed E-state index contributed by atoms with van der Waals surface area (Å²) in [4.78, 5) is 11.5. The van der Waals surface area contributed by atoms with Crippen molar-refractivity contribution in [3.05, 3.63) is 42.0 Å². The first-order chi connectivity index (χ1) is 8.88. The Kier molecular flexibility index (Phi) is 3.53. The van der Waals surface area contributed by atoms with Crippen LogP contribution in [0.25, 0.3) is 6.08 Å². The lowest BCUT2D eigenvalue weighted by molar-refractivity contribution is -0.154. The smallest absolute Gasteiger partial charge is 0.309 e. The van der Waals surface area contributed by atoms with E-state index in [1.165, 1.54) is 5.56 Å². The molecule has 1 aliphatic rings. The molecule has 0 heterocycles. The zero-order chi connectivity index (χ0) is 14.1.